The van der Waals surface area contributed by atoms with E-state index < -0.39 is 6.29 Å². The lowest BCUT2D eigenvalue weighted by Gasteiger charge is -2.42. The van der Waals surface area contributed by atoms with Crippen molar-refractivity contribution in [3.63, 3.8) is 0 Å². The maximum Gasteiger partial charge on any atom is 0.319 e. The van der Waals surface area contributed by atoms with Crippen LogP contribution < -0.4 is 15.4 Å². The van der Waals surface area contributed by atoms with Crippen molar-refractivity contribution < 1.29 is 24.1 Å². The molecule has 7 rings (SSSR count). The molecule has 1 fully saturated rings. The lowest BCUT2D eigenvalue weighted by Crippen LogP contribution is -2.43. The minimum absolute atomic E-state index is 0.000502. The van der Waals surface area contributed by atoms with Gasteiger partial charge in [-0.25, -0.2) is 4.79 Å². The first-order chi connectivity index (χ1) is 27.4. The molecule has 0 bridgehead atoms. The van der Waals surface area contributed by atoms with Crippen LogP contribution in [0.15, 0.2) is 152 Å². The number of ether oxygens (including phenoxy) is 3. The van der Waals surface area contributed by atoms with Crippen molar-refractivity contribution in [3.05, 3.63) is 180 Å². The highest BCUT2D eigenvalue weighted by Crippen LogP contribution is 2.42. The number of nitrogens with zero attached hydrogens (tertiary/aromatic N) is 2. The molecule has 286 valence electrons. The summed E-state index contributed by atoms with van der Waals surface area (Å²) in [6.07, 6.45) is 1.86. The molecule has 6 aromatic rings. The van der Waals surface area contributed by atoms with Gasteiger partial charge < -0.3 is 34.9 Å². The molecule has 9 heteroatoms. The number of carbonyl (C=O) groups excluding carboxylic acids is 1. The van der Waals surface area contributed by atoms with E-state index >= 15 is 0 Å². The van der Waals surface area contributed by atoms with Crippen LogP contribution in [0.3, 0.4) is 0 Å². The number of carbonyl (C=O) groups is 1. The van der Waals surface area contributed by atoms with Gasteiger partial charge in [0.1, 0.15) is 11.5 Å². The number of aliphatic hydroxyl groups excluding tert-OH is 1. The highest BCUT2D eigenvalue weighted by atomic mass is 16.7. The van der Waals surface area contributed by atoms with Gasteiger partial charge in [-0.15, -0.1) is 0 Å². The minimum atomic E-state index is -0.557. The number of aliphatic hydroxyl groups is 1. The van der Waals surface area contributed by atoms with E-state index in [1.807, 2.05) is 109 Å². The number of para-hydroxylation sites is 1. The van der Waals surface area contributed by atoms with Crippen LogP contribution in [-0.4, -0.2) is 47.3 Å². The van der Waals surface area contributed by atoms with Crippen molar-refractivity contribution in [1.29, 1.82) is 0 Å². The second-order valence-electron chi connectivity index (χ2n) is 14.2. The topological polar surface area (TPSA) is 105 Å². The number of urea groups is 1. The average molecular weight is 749 g/mol. The Hall–Kier alpha value is -5.84. The number of likely N-dealkylation sites (N-methyl/N-ethyl adjacent to an activating group) is 1. The van der Waals surface area contributed by atoms with E-state index in [4.69, 9.17) is 14.2 Å². The number of hydrogen-bond acceptors (Lipinski definition) is 7. The average Bonchev–Trinajstić information content (AvgIpc) is 3.24. The highest BCUT2D eigenvalue weighted by Gasteiger charge is 2.38. The molecule has 2 heterocycles. The monoisotopic (exact) mass is 748 g/mol. The fourth-order valence-corrected chi connectivity index (χ4v) is 6.86. The molecule has 1 aliphatic heterocycles. The molecule has 0 aliphatic carbocycles. The van der Waals surface area contributed by atoms with E-state index in [9.17, 15) is 9.90 Å². The van der Waals surface area contributed by atoms with Gasteiger partial charge in [-0.1, -0.05) is 97.9 Å². The van der Waals surface area contributed by atoms with Gasteiger partial charge in [0.05, 0.1) is 18.8 Å². The van der Waals surface area contributed by atoms with Crippen molar-refractivity contribution in [3.8, 4) is 22.6 Å². The largest absolute Gasteiger partial charge is 0.457 e. The summed E-state index contributed by atoms with van der Waals surface area (Å²) in [5, 5.41) is 15.5. The van der Waals surface area contributed by atoms with Crippen LogP contribution in [-0.2, 0) is 29.0 Å². The fourth-order valence-electron chi connectivity index (χ4n) is 6.86. The normalized spacial score (nSPS) is 18.0. The number of aromatic nitrogens is 1. The van der Waals surface area contributed by atoms with Crippen LogP contribution in [0.4, 0.5) is 10.5 Å². The summed E-state index contributed by atoms with van der Waals surface area (Å²) < 4.78 is 19.3. The van der Waals surface area contributed by atoms with Gasteiger partial charge in [-0.2, -0.15) is 0 Å². The van der Waals surface area contributed by atoms with Crippen LogP contribution >= 0.6 is 0 Å². The molecular formula is C47H48N4O5. The van der Waals surface area contributed by atoms with Gasteiger partial charge in [0, 0.05) is 55.1 Å². The van der Waals surface area contributed by atoms with E-state index in [1.165, 1.54) is 0 Å². The number of benzene rings is 5. The number of anilines is 1. The third-order valence-electron chi connectivity index (χ3n) is 10.1. The van der Waals surface area contributed by atoms with E-state index in [2.05, 4.69) is 77.0 Å². The Bertz CT molecular complexity index is 2130. The van der Waals surface area contributed by atoms with E-state index in [0.29, 0.717) is 18.0 Å². The van der Waals surface area contributed by atoms with E-state index in [-0.39, 0.29) is 30.8 Å². The van der Waals surface area contributed by atoms with E-state index in [0.717, 1.165) is 64.3 Å². The van der Waals surface area contributed by atoms with Crippen LogP contribution in [0.25, 0.3) is 11.1 Å². The number of amides is 2. The maximum atomic E-state index is 12.7. The highest BCUT2D eigenvalue weighted by molar-refractivity contribution is 5.89. The number of pyridine rings is 1. The first-order valence-corrected chi connectivity index (χ1v) is 19.1. The zero-order valence-electron chi connectivity index (χ0n) is 31.8. The molecule has 1 saturated heterocycles. The van der Waals surface area contributed by atoms with E-state index in [1.54, 1.807) is 0 Å². The number of rotatable bonds is 14. The first kappa shape index (κ1) is 38.4. The van der Waals surface area contributed by atoms with Crippen molar-refractivity contribution in [2.24, 2.45) is 5.92 Å². The Morgan fingerprint density at radius 2 is 1.50 bits per heavy atom. The summed E-state index contributed by atoms with van der Waals surface area (Å²) in [7, 11) is 2.13. The summed E-state index contributed by atoms with van der Waals surface area (Å²) in [5.41, 5.74) is 7.67. The number of hydrogen-bond donors (Lipinski definition) is 3. The molecule has 5 aromatic carbocycles. The first-order valence-electron chi connectivity index (χ1n) is 19.1. The third-order valence-corrected chi connectivity index (χ3v) is 10.1. The van der Waals surface area contributed by atoms with Crippen LogP contribution in [0.1, 0.15) is 47.3 Å². The van der Waals surface area contributed by atoms with Gasteiger partial charge in [0.15, 0.2) is 6.29 Å². The zero-order chi connectivity index (χ0) is 38.7. The molecule has 0 spiro atoms. The van der Waals surface area contributed by atoms with Crippen molar-refractivity contribution in [2.45, 2.75) is 45.0 Å². The Morgan fingerprint density at radius 3 is 2.23 bits per heavy atom. The standard InChI is InChI=1S/C47H48N4O5/c1-33-44(31-51(2)28-26-40-11-6-7-27-48-40)55-46(56-45(33)37-16-14-34(32-52)15-17-37)38-20-18-36(19-21-38)39-10-8-9-35(29-39)30-49-47(53)50-41-22-24-43(25-23-41)54-42-12-4-3-5-13-42/h3-25,27,29,33,44-46,52H,26,28,30-32H2,1-2H3,(H2,49,50,53)/t33-,44+,45+,46+/m0/s1. The molecule has 0 radical (unpaired) electrons. The van der Waals surface area contributed by atoms with Crippen LogP contribution in [0, 0.1) is 5.92 Å². The Kier molecular flexibility index (Phi) is 12.8. The second-order valence-corrected chi connectivity index (χ2v) is 14.2. The summed E-state index contributed by atoms with van der Waals surface area (Å²) in [6, 6.07) is 47.0. The van der Waals surface area contributed by atoms with Crippen molar-refractivity contribution in [1.82, 2.24) is 15.2 Å². The van der Waals surface area contributed by atoms with Gasteiger partial charge in [-0.05, 0) is 89.5 Å². The molecule has 0 unspecified atom stereocenters. The third kappa shape index (κ3) is 10.3. The van der Waals surface area contributed by atoms with Crippen LogP contribution in [0.2, 0.25) is 0 Å². The second kappa shape index (κ2) is 18.7. The summed E-state index contributed by atoms with van der Waals surface area (Å²) in [6.45, 7) is 4.16. The summed E-state index contributed by atoms with van der Waals surface area (Å²) >= 11 is 0. The fraction of sp³-hybridized carbons (Fsp3) is 0.234. The Balaban J connectivity index is 0.979. The van der Waals surface area contributed by atoms with Crippen LogP contribution in [0.5, 0.6) is 11.5 Å². The summed E-state index contributed by atoms with van der Waals surface area (Å²) in [5.74, 6) is 1.53. The Labute approximate surface area is 328 Å². The summed E-state index contributed by atoms with van der Waals surface area (Å²) in [4.78, 5) is 19.5. The van der Waals surface area contributed by atoms with Crippen molar-refractivity contribution in [2.75, 3.05) is 25.5 Å². The Morgan fingerprint density at radius 1 is 0.768 bits per heavy atom. The smallest absolute Gasteiger partial charge is 0.319 e. The predicted molar refractivity (Wildman–Crippen MR) is 219 cm³/mol. The predicted octanol–water partition coefficient (Wildman–Crippen LogP) is 9.32. The lowest BCUT2D eigenvalue weighted by molar-refractivity contribution is -0.275. The quantitative estimate of drug-likeness (QED) is 0.102. The molecule has 1 aliphatic rings. The molecule has 0 saturated carbocycles. The lowest BCUT2D eigenvalue weighted by atomic mass is 9.90. The SMILES string of the molecule is C[C@H]1[C@@H](CN(C)CCc2ccccn2)O[C@@H](c2ccc(-c3cccc(CNC(=O)Nc4ccc(Oc5ccccc5)cc4)c3)cc2)O[C@H]1c1ccc(CO)cc1. The molecule has 3 N–H and O–H groups in total. The molecule has 9 nitrogen and oxygen atoms in total. The van der Waals surface area contributed by atoms with Gasteiger partial charge in [0.25, 0.3) is 0 Å². The zero-order valence-corrected chi connectivity index (χ0v) is 31.8. The van der Waals surface area contributed by atoms with Gasteiger partial charge >= 0.3 is 6.03 Å². The molecular weight excluding hydrogens is 701 g/mol. The number of nitrogens with one attached hydrogen (secondary N) is 2. The van der Waals surface area contributed by atoms with Gasteiger partial charge in [0.2, 0.25) is 0 Å². The molecule has 4 atom stereocenters. The minimum Gasteiger partial charge on any atom is -0.457 e. The molecule has 2 amide bonds. The van der Waals surface area contributed by atoms with Crippen molar-refractivity contribution >= 4 is 11.7 Å². The van der Waals surface area contributed by atoms with Gasteiger partial charge in [-0.3, -0.25) is 4.98 Å². The molecule has 56 heavy (non-hydrogen) atoms. The maximum absolute atomic E-state index is 12.7. The molecule has 1 aromatic heterocycles.